The summed E-state index contributed by atoms with van der Waals surface area (Å²) in [6, 6.07) is 5.13. The summed E-state index contributed by atoms with van der Waals surface area (Å²) in [5, 5.41) is 14.8. The summed E-state index contributed by atoms with van der Waals surface area (Å²) in [6.45, 7) is 4.78. The second-order valence-electron chi connectivity index (χ2n) is 7.12. The number of carbonyl (C=O) groups is 1. The summed E-state index contributed by atoms with van der Waals surface area (Å²) in [6.07, 6.45) is -1.18. The third-order valence-electron chi connectivity index (χ3n) is 4.81. The number of carboxylic acids is 1. The average molecular weight is 459 g/mol. The number of nitrogens with zero attached hydrogens (tertiary/aromatic N) is 2. The summed E-state index contributed by atoms with van der Waals surface area (Å²) in [4.78, 5) is 15.8. The largest absolute Gasteiger partial charge is 0.490 e. The number of halogens is 4. The lowest BCUT2D eigenvalue weighted by Crippen LogP contribution is -2.42. The molecule has 0 radical (unpaired) electrons. The van der Waals surface area contributed by atoms with Crippen LogP contribution in [0, 0.1) is 12.7 Å². The standard InChI is InChI=1S/C18H20FN3OS.C2HF3O2/c1-12-11-24-18(21-12)22-6-4-15(5-7-22)20-9-13-10-23-17-3-2-14(19)8-16(13)17;3-2(4,5)1(6)7/h2-3,8,10-11,15,20H,4-7,9H2,1H3;(H,6,7). The molecule has 1 saturated heterocycles. The third kappa shape index (κ3) is 6.17. The molecular formula is C20H21F4N3O3S. The molecule has 3 aromatic rings. The monoisotopic (exact) mass is 459 g/mol. The molecule has 2 N–H and O–H groups in total. The highest BCUT2D eigenvalue weighted by atomic mass is 32.1. The molecule has 0 atom stereocenters. The zero-order chi connectivity index (χ0) is 22.6. The van der Waals surface area contributed by atoms with Crippen LogP contribution in [0.5, 0.6) is 0 Å². The van der Waals surface area contributed by atoms with Gasteiger partial charge in [0.15, 0.2) is 5.13 Å². The highest BCUT2D eigenvalue weighted by Crippen LogP contribution is 2.25. The number of aromatic nitrogens is 1. The van der Waals surface area contributed by atoms with Crippen LogP contribution in [-0.2, 0) is 11.3 Å². The number of anilines is 1. The van der Waals surface area contributed by atoms with E-state index < -0.39 is 12.1 Å². The molecule has 31 heavy (non-hydrogen) atoms. The van der Waals surface area contributed by atoms with Crippen molar-refractivity contribution in [2.75, 3.05) is 18.0 Å². The number of nitrogens with one attached hydrogen (secondary N) is 1. The van der Waals surface area contributed by atoms with Crippen molar-refractivity contribution in [1.29, 1.82) is 0 Å². The van der Waals surface area contributed by atoms with E-state index in [9.17, 15) is 17.6 Å². The molecule has 0 amide bonds. The van der Waals surface area contributed by atoms with Crippen molar-refractivity contribution in [1.82, 2.24) is 10.3 Å². The van der Waals surface area contributed by atoms with E-state index in [0.29, 0.717) is 12.6 Å². The molecule has 6 nitrogen and oxygen atoms in total. The van der Waals surface area contributed by atoms with Gasteiger partial charge in [-0.25, -0.2) is 14.2 Å². The van der Waals surface area contributed by atoms with Crippen molar-refractivity contribution in [2.45, 2.75) is 38.5 Å². The van der Waals surface area contributed by atoms with Gasteiger partial charge >= 0.3 is 12.1 Å². The van der Waals surface area contributed by atoms with Gasteiger partial charge in [-0.1, -0.05) is 0 Å². The molecule has 0 aliphatic carbocycles. The van der Waals surface area contributed by atoms with Crippen LogP contribution in [0.3, 0.4) is 0 Å². The molecule has 11 heteroatoms. The average Bonchev–Trinajstić information content (AvgIpc) is 3.32. The lowest BCUT2D eigenvalue weighted by Gasteiger charge is -2.32. The topological polar surface area (TPSA) is 78.6 Å². The van der Waals surface area contributed by atoms with E-state index in [2.05, 4.69) is 20.6 Å². The Morgan fingerprint density at radius 3 is 2.61 bits per heavy atom. The summed E-state index contributed by atoms with van der Waals surface area (Å²) in [5.74, 6) is -2.98. The van der Waals surface area contributed by atoms with Crippen molar-refractivity contribution >= 4 is 33.4 Å². The molecule has 3 heterocycles. The zero-order valence-corrected chi connectivity index (χ0v) is 17.4. The van der Waals surface area contributed by atoms with E-state index in [1.54, 1.807) is 29.7 Å². The lowest BCUT2D eigenvalue weighted by molar-refractivity contribution is -0.192. The van der Waals surface area contributed by atoms with Crippen LogP contribution in [0.25, 0.3) is 11.0 Å². The fraction of sp³-hybridized carbons (Fsp3) is 0.400. The number of rotatable bonds is 4. The van der Waals surface area contributed by atoms with E-state index in [0.717, 1.165) is 53.3 Å². The van der Waals surface area contributed by atoms with E-state index in [1.807, 2.05) is 6.92 Å². The summed E-state index contributed by atoms with van der Waals surface area (Å²) >= 11 is 1.72. The fourth-order valence-corrected chi connectivity index (χ4v) is 4.06. The zero-order valence-electron chi connectivity index (χ0n) is 16.6. The molecule has 168 valence electrons. The first kappa shape index (κ1) is 23.0. The molecule has 0 unspecified atom stereocenters. The van der Waals surface area contributed by atoms with Crippen LogP contribution in [-0.4, -0.2) is 41.4 Å². The Hall–Kier alpha value is -2.66. The van der Waals surface area contributed by atoms with Gasteiger partial charge in [-0.15, -0.1) is 11.3 Å². The minimum absolute atomic E-state index is 0.225. The first-order valence-corrected chi connectivity index (χ1v) is 10.4. The van der Waals surface area contributed by atoms with E-state index in [4.69, 9.17) is 14.3 Å². The Balaban J connectivity index is 0.000000339. The maximum absolute atomic E-state index is 13.4. The highest BCUT2D eigenvalue weighted by Gasteiger charge is 2.38. The number of aryl methyl sites for hydroxylation is 1. The fourth-order valence-electron chi connectivity index (χ4n) is 3.21. The normalized spacial score (nSPS) is 15.1. The van der Waals surface area contributed by atoms with Crippen LogP contribution >= 0.6 is 11.3 Å². The predicted octanol–water partition coefficient (Wildman–Crippen LogP) is 4.73. The maximum atomic E-state index is 13.4. The number of fused-ring (bicyclic) bond motifs is 1. The summed E-state index contributed by atoms with van der Waals surface area (Å²) < 4.78 is 50.7. The first-order valence-electron chi connectivity index (χ1n) is 9.49. The summed E-state index contributed by atoms with van der Waals surface area (Å²) in [7, 11) is 0. The molecule has 0 bridgehead atoms. The number of benzene rings is 1. The number of furan rings is 1. The number of thiazole rings is 1. The third-order valence-corrected chi connectivity index (χ3v) is 5.83. The molecule has 2 aromatic heterocycles. The minimum Gasteiger partial charge on any atom is -0.475 e. The predicted molar refractivity (Wildman–Crippen MR) is 109 cm³/mol. The Morgan fingerprint density at radius 2 is 2.03 bits per heavy atom. The van der Waals surface area contributed by atoms with Gasteiger partial charge in [-0.05, 0) is 38.0 Å². The van der Waals surface area contributed by atoms with Crippen molar-refractivity contribution in [3.05, 3.63) is 46.9 Å². The lowest BCUT2D eigenvalue weighted by atomic mass is 10.0. The van der Waals surface area contributed by atoms with Gasteiger partial charge < -0.3 is 19.7 Å². The molecule has 1 aromatic carbocycles. The Kier molecular flexibility index (Phi) is 7.16. The molecule has 0 saturated carbocycles. The number of carboxylic acid groups (broad SMARTS) is 1. The molecule has 0 spiro atoms. The Labute approximate surface area is 179 Å². The Bertz CT molecular complexity index is 1030. The maximum Gasteiger partial charge on any atom is 0.490 e. The van der Waals surface area contributed by atoms with Crippen LogP contribution in [0.15, 0.2) is 34.3 Å². The van der Waals surface area contributed by atoms with Crippen molar-refractivity contribution < 1.29 is 31.9 Å². The SMILES string of the molecule is Cc1csc(N2CCC(NCc3coc4ccc(F)cc34)CC2)n1.O=C(O)C(F)(F)F. The first-order chi connectivity index (χ1) is 14.6. The number of hydrogen-bond acceptors (Lipinski definition) is 6. The van der Waals surface area contributed by atoms with Gasteiger partial charge in [0.2, 0.25) is 0 Å². The number of alkyl halides is 3. The Morgan fingerprint density at radius 1 is 1.35 bits per heavy atom. The van der Waals surface area contributed by atoms with E-state index in [-0.39, 0.29) is 5.82 Å². The summed E-state index contributed by atoms with van der Waals surface area (Å²) in [5.41, 5.74) is 2.85. The second-order valence-corrected chi connectivity index (χ2v) is 7.95. The molecular weight excluding hydrogens is 438 g/mol. The van der Waals surface area contributed by atoms with E-state index in [1.165, 1.54) is 6.07 Å². The highest BCUT2D eigenvalue weighted by molar-refractivity contribution is 7.13. The van der Waals surface area contributed by atoms with Gasteiger partial charge in [0.05, 0.1) is 12.0 Å². The van der Waals surface area contributed by atoms with Gasteiger partial charge in [0.1, 0.15) is 11.4 Å². The van der Waals surface area contributed by atoms with Crippen LogP contribution < -0.4 is 10.2 Å². The van der Waals surface area contributed by atoms with Crippen molar-refractivity contribution in [3.8, 4) is 0 Å². The molecule has 1 aliphatic heterocycles. The number of piperidine rings is 1. The van der Waals surface area contributed by atoms with Gasteiger partial charge in [-0.2, -0.15) is 13.2 Å². The molecule has 4 rings (SSSR count). The molecule has 1 aliphatic rings. The second kappa shape index (κ2) is 9.65. The van der Waals surface area contributed by atoms with Crippen LogP contribution in [0.2, 0.25) is 0 Å². The molecule has 1 fully saturated rings. The number of hydrogen-bond donors (Lipinski definition) is 2. The van der Waals surface area contributed by atoms with Crippen molar-refractivity contribution in [2.24, 2.45) is 0 Å². The minimum atomic E-state index is -5.08. The van der Waals surface area contributed by atoms with Crippen LogP contribution in [0.4, 0.5) is 22.7 Å². The number of aliphatic carboxylic acids is 1. The van der Waals surface area contributed by atoms with Gasteiger partial charge in [0.25, 0.3) is 0 Å². The smallest absolute Gasteiger partial charge is 0.475 e. The van der Waals surface area contributed by atoms with Crippen molar-refractivity contribution in [3.63, 3.8) is 0 Å². The van der Waals surface area contributed by atoms with Gasteiger partial charge in [0, 0.05) is 42.0 Å². The van der Waals surface area contributed by atoms with Crippen LogP contribution in [0.1, 0.15) is 24.1 Å². The quantitative estimate of drug-likeness (QED) is 0.550. The van der Waals surface area contributed by atoms with E-state index >= 15 is 0 Å². The van der Waals surface area contributed by atoms with Gasteiger partial charge in [-0.3, -0.25) is 0 Å².